The number of carboxylic acid groups (broad SMARTS) is 1. The standard InChI is InChI=1S/C15H19NO3/c1-7-13(15(17)18)19-14(16-7)12-10-3-8-2-9(5-10)6-11(12)4-8/h8-12H,2-6H2,1H3,(H,17,18). The number of nitrogens with zero attached hydrogens (tertiary/aromatic N) is 1. The summed E-state index contributed by atoms with van der Waals surface area (Å²) in [6.07, 6.45) is 6.59. The van der Waals surface area contributed by atoms with Gasteiger partial charge in [-0.3, -0.25) is 0 Å². The van der Waals surface area contributed by atoms with Crippen LogP contribution in [0.4, 0.5) is 0 Å². The summed E-state index contributed by atoms with van der Waals surface area (Å²) >= 11 is 0. The largest absolute Gasteiger partial charge is 0.475 e. The minimum atomic E-state index is -1.000. The van der Waals surface area contributed by atoms with E-state index in [0.29, 0.717) is 29.3 Å². The minimum absolute atomic E-state index is 0.0313. The lowest BCUT2D eigenvalue weighted by Crippen LogP contribution is -2.43. The average Bonchev–Trinajstić information content (AvgIpc) is 2.69. The third-order valence-corrected chi connectivity index (χ3v) is 5.52. The topological polar surface area (TPSA) is 63.3 Å². The maximum absolute atomic E-state index is 11.1. The molecule has 0 unspecified atom stereocenters. The molecule has 4 aliphatic carbocycles. The fourth-order valence-electron chi connectivity index (χ4n) is 5.09. The van der Waals surface area contributed by atoms with E-state index in [1.54, 1.807) is 6.92 Å². The zero-order valence-corrected chi connectivity index (χ0v) is 11.1. The summed E-state index contributed by atoms with van der Waals surface area (Å²) in [5.74, 6) is 3.28. The van der Waals surface area contributed by atoms with Crippen LogP contribution in [0, 0.1) is 30.6 Å². The predicted octanol–water partition coefficient (Wildman–Crippen LogP) is 3.22. The molecule has 5 rings (SSSR count). The molecule has 0 radical (unpaired) electrons. The number of aryl methyl sites for hydroxylation is 1. The Labute approximate surface area is 112 Å². The Morgan fingerprint density at radius 2 is 1.74 bits per heavy atom. The van der Waals surface area contributed by atoms with Crippen LogP contribution < -0.4 is 0 Å². The van der Waals surface area contributed by atoms with Gasteiger partial charge in [0, 0.05) is 5.92 Å². The van der Waals surface area contributed by atoms with E-state index in [1.165, 1.54) is 32.1 Å². The normalized spacial score (nSPS) is 39.7. The molecule has 1 heterocycles. The maximum Gasteiger partial charge on any atom is 0.373 e. The zero-order chi connectivity index (χ0) is 13.1. The number of carboxylic acids is 1. The summed E-state index contributed by atoms with van der Waals surface area (Å²) in [6.45, 7) is 1.73. The first kappa shape index (κ1) is 11.5. The van der Waals surface area contributed by atoms with Crippen LogP contribution in [0.5, 0.6) is 0 Å². The molecule has 0 aliphatic heterocycles. The quantitative estimate of drug-likeness (QED) is 0.887. The summed E-state index contributed by atoms with van der Waals surface area (Å²) in [6, 6.07) is 0. The molecule has 0 atom stereocenters. The van der Waals surface area contributed by atoms with Gasteiger partial charge in [0.25, 0.3) is 0 Å². The van der Waals surface area contributed by atoms with E-state index in [2.05, 4.69) is 4.98 Å². The molecule has 1 aromatic rings. The van der Waals surface area contributed by atoms with E-state index in [9.17, 15) is 4.79 Å². The Hall–Kier alpha value is -1.32. The van der Waals surface area contributed by atoms with E-state index < -0.39 is 5.97 Å². The van der Waals surface area contributed by atoms with Gasteiger partial charge in [0.05, 0.1) is 5.69 Å². The van der Waals surface area contributed by atoms with Crippen LogP contribution in [0.25, 0.3) is 0 Å². The van der Waals surface area contributed by atoms with Crippen molar-refractivity contribution in [2.24, 2.45) is 23.7 Å². The first-order valence-corrected chi connectivity index (χ1v) is 7.32. The summed E-state index contributed by atoms with van der Waals surface area (Å²) < 4.78 is 5.59. The van der Waals surface area contributed by atoms with Crippen LogP contribution >= 0.6 is 0 Å². The summed E-state index contributed by atoms with van der Waals surface area (Å²) in [7, 11) is 0. The lowest BCUT2D eigenvalue weighted by molar-refractivity contribution is -0.0119. The molecule has 4 fully saturated rings. The van der Waals surface area contributed by atoms with E-state index in [1.807, 2.05) is 0 Å². The molecular formula is C15H19NO3. The van der Waals surface area contributed by atoms with E-state index in [0.717, 1.165) is 11.8 Å². The van der Waals surface area contributed by atoms with Crippen molar-refractivity contribution in [2.75, 3.05) is 0 Å². The monoisotopic (exact) mass is 261 g/mol. The Morgan fingerprint density at radius 3 is 2.21 bits per heavy atom. The Balaban J connectivity index is 1.69. The zero-order valence-electron chi connectivity index (χ0n) is 11.1. The lowest BCUT2D eigenvalue weighted by Gasteiger charge is -2.53. The highest BCUT2D eigenvalue weighted by Gasteiger charge is 2.50. The van der Waals surface area contributed by atoms with Crippen LogP contribution in [0.1, 0.15) is 60.2 Å². The van der Waals surface area contributed by atoms with Crippen molar-refractivity contribution < 1.29 is 14.3 Å². The number of aromatic nitrogens is 1. The number of hydrogen-bond donors (Lipinski definition) is 1. The van der Waals surface area contributed by atoms with Gasteiger partial charge >= 0.3 is 5.97 Å². The van der Waals surface area contributed by atoms with Crippen molar-refractivity contribution in [3.8, 4) is 0 Å². The van der Waals surface area contributed by atoms with Gasteiger partial charge in [0.1, 0.15) is 0 Å². The van der Waals surface area contributed by atoms with Crippen LogP contribution in [0.15, 0.2) is 4.42 Å². The highest BCUT2D eigenvalue weighted by Crippen LogP contribution is 2.59. The molecule has 1 N–H and O–H groups in total. The lowest BCUT2D eigenvalue weighted by atomic mass is 9.52. The molecule has 0 aromatic carbocycles. The molecule has 4 bridgehead atoms. The smallest absolute Gasteiger partial charge is 0.373 e. The molecule has 1 aromatic heterocycles. The molecule has 0 saturated heterocycles. The number of oxazole rings is 1. The van der Waals surface area contributed by atoms with Gasteiger partial charge in [0.2, 0.25) is 5.76 Å². The molecule has 19 heavy (non-hydrogen) atoms. The molecule has 0 amide bonds. The highest BCUT2D eigenvalue weighted by atomic mass is 16.4. The molecule has 4 heteroatoms. The van der Waals surface area contributed by atoms with Gasteiger partial charge in [0.15, 0.2) is 5.89 Å². The number of aromatic carboxylic acids is 1. The maximum atomic E-state index is 11.1. The Kier molecular flexibility index (Phi) is 2.32. The fourth-order valence-corrected chi connectivity index (χ4v) is 5.09. The molecule has 0 spiro atoms. The van der Waals surface area contributed by atoms with Gasteiger partial charge in [-0.25, -0.2) is 9.78 Å². The van der Waals surface area contributed by atoms with Crippen molar-refractivity contribution in [1.29, 1.82) is 0 Å². The van der Waals surface area contributed by atoms with Gasteiger partial charge in [-0.1, -0.05) is 0 Å². The van der Waals surface area contributed by atoms with Crippen molar-refractivity contribution in [3.05, 3.63) is 17.3 Å². The number of rotatable bonds is 2. The molecule has 102 valence electrons. The van der Waals surface area contributed by atoms with E-state index in [-0.39, 0.29) is 5.76 Å². The average molecular weight is 261 g/mol. The first-order valence-electron chi connectivity index (χ1n) is 7.32. The van der Waals surface area contributed by atoms with Crippen molar-refractivity contribution in [3.63, 3.8) is 0 Å². The summed E-state index contributed by atoms with van der Waals surface area (Å²) in [4.78, 5) is 15.5. The van der Waals surface area contributed by atoms with Crippen LogP contribution in [0.3, 0.4) is 0 Å². The molecule has 4 saturated carbocycles. The third kappa shape index (κ3) is 1.65. The van der Waals surface area contributed by atoms with Crippen molar-refractivity contribution >= 4 is 5.97 Å². The van der Waals surface area contributed by atoms with Gasteiger partial charge in [-0.2, -0.15) is 0 Å². The summed E-state index contributed by atoms with van der Waals surface area (Å²) in [5.41, 5.74) is 0.524. The third-order valence-electron chi connectivity index (χ3n) is 5.52. The molecular weight excluding hydrogens is 242 g/mol. The second kappa shape index (κ2) is 3.84. The number of hydrogen-bond acceptors (Lipinski definition) is 3. The minimum Gasteiger partial charge on any atom is -0.475 e. The second-order valence-corrected chi connectivity index (χ2v) is 6.73. The predicted molar refractivity (Wildman–Crippen MR) is 68.0 cm³/mol. The van der Waals surface area contributed by atoms with Crippen molar-refractivity contribution in [2.45, 2.75) is 44.9 Å². The highest BCUT2D eigenvalue weighted by molar-refractivity contribution is 5.85. The van der Waals surface area contributed by atoms with Crippen LogP contribution in [-0.4, -0.2) is 16.1 Å². The van der Waals surface area contributed by atoms with Gasteiger partial charge in [-0.05, 0) is 62.7 Å². The van der Waals surface area contributed by atoms with Gasteiger partial charge in [-0.15, -0.1) is 0 Å². The summed E-state index contributed by atoms with van der Waals surface area (Å²) in [5, 5.41) is 9.10. The second-order valence-electron chi connectivity index (χ2n) is 6.73. The van der Waals surface area contributed by atoms with Gasteiger partial charge < -0.3 is 9.52 Å². The SMILES string of the molecule is Cc1nc(C2C3CC4CC(C3)CC2C4)oc1C(=O)O. The molecule has 4 nitrogen and oxygen atoms in total. The molecule has 4 aliphatic rings. The van der Waals surface area contributed by atoms with Crippen LogP contribution in [-0.2, 0) is 0 Å². The van der Waals surface area contributed by atoms with E-state index >= 15 is 0 Å². The first-order chi connectivity index (χ1) is 9.11. The fraction of sp³-hybridized carbons (Fsp3) is 0.733. The number of carbonyl (C=O) groups is 1. The Bertz CT molecular complexity index is 505. The van der Waals surface area contributed by atoms with Crippen molar-refractivity contribution in [1.82, 2.24) is 4.98 Å². The Morgan fingerprint density at radius 1 is 1.16 bits per heavy atom. The van der Waals surface area contributed by atoms with Crippen LogP contribution in [0.2, 0.25) is 0 Å². The van der Waals surface area contributed by atoms with E-state index in [4.69, 9.17) is 9.52 Å².